The molecule has 1 aliphatic rings. The van der Waals surface area contributed by atoms with Gasteiger partial charge in [0.1, 0.15) is 24.7 Å². The number of anilines is 1. The number of primary amides is 1. The zero-order valence-corrected chi connectivity index (χ0v) is 17.8. The van der Waals surface area contributed by atoms with E-state index in [4.69, 9.17) is 24.7 Å². The number of ether oxygens (including phenoxy) is 4. The van der Waals surface area contributed by atoms with Gasteiger partial charge in [-0.15, -0.1) is 0 Å². The summed E-state index contributed by atoms with van der Waals surface area (Å²) in [6.07, 6.45) is -1.33. The van der Waals surface area contributed by atoms with Gasteiger partial charge in [0, 0.05) is 12.1 Å². The first-order chi connectivity index (χ1) is 15.4. The van der Waals surface area contributed by atoms with E-state index in [-0.39, 0.29) is 43.8 Å². The number of carbonyl (C=O) groups excluding carboxylic acids is 3. The largest absolute Gasteiger partial charge is 0.494 e. The van der Waals surface area contributed by atoms with Gasteiger partial charge in [-0.3, -0.25) is 10.1 Å². The number of carbonyl (C=O) groups is 3. The third-order valence-corrected chi connectivity index (χ3v) is 4.99. The van der Waals surface area contributed by atoms with Crippen LogP contribution in [0, 0.1) is 0 Å². The molecule has 1 atom stereocenters. The van der Waals surface area contributed by atoms with Gasteiger partial charge >= 0.3 is 12.2 Å². The van der Waals surface area contributed by atoms with Crippen LogP contribution < -0.4 is 20.5 Å². The zero-order valence-electron chi connectivity index (χ0n) is 17.8. The van der Waals surface area contributed by atoms with Crippen LogP contribution in [0.3, 0.4) is 0 Å². The Hall–Kier alpha value is -3.95. The molecule has 3 N–H and O–H groups in total. The molecule has 0 radical (unpaired) electrons. The molecular weight excluding hydrogens is 418 g/mol. The number of hydrogen-bond donors (Lipinski definition) is 2. The predicted molar refractivity (Wildman–Crippen MR) is 114 cm³/mol. The number of amides is 3. The summed E-state index contributed by atoms with van der Waals surface area (Å²) in [5.74, 6) is 0.596. The quantitative estimate of drug-likeness (QED) is 0.570. The Morgan fingerprint density at radius 1 is 1.09 bits per heavy atom. The van der Waals surface area contributed by atoms with Crippen LogP contribution >= 0.6 is 0 Å². The summed E-state index contributed by atoms with van der Waals surface area (Å²) in [5, 5.41) is 2.66. The van der Waals surface area contributed by atoms with Crippen molar-refractivity contribution >= 4 is 23.8 Å². The highest BCUT2D eigenvalue weighted by atomic mass is 16.6. The Morgan fingerprint density at radius 2 is 1.84 bits per heavy atom. The number of nitrogens with two attached hydrogens (primary N) is 1. The van der Waals surface area contributed by atoms with E-state index in [2.05, 4.69) is 5.32 Å². The molecule has 3 rings (SSSR count). The molecule has 170 valence electrons. The van der Waals surface area contributed by atoms with E-state index in [1.807, 2.05) is 30.3 Å². The number of β-lactam (4-membered cyclic amide) rings is 1. The molecule has 3 amide bonds. The Morgan fingerprint density at radius 3 is 2.47 bits per heavy atom. The normalized spacial score (nSPS) is 14.9. The predicted octanol–water partition coefficient (Wildman–Crippen LogP) is 2.65. The van der Waals surface area contributed by atoms with E-state index in [1.165, 1.54) is 14.2 Å². The number of likely N-dealkylation sites (tertiary alicyclic amines) is 1. The minimum absolute atomic E-state index is 0.0104. The molecule has 0 spiro atoms. The minimum Gasteiger partial charge on any atom is -0.494 e. The highest BCUT2D eigenvalue weighted by Crippen LogP contribution is 2.39. The Kier molecular flexibility index (Phi) is 7.37. The van der Waals surface area contributed by atoms with Gasteiger partial charge in [-0.05, 0) is 17.7 Å². The van der Waals surface area contributed by atoms with Crippen molar-refractivity contribution in [2.45, 2.75) is 25.6 Å². The monoisotopic (exact) mass is 443 g/mol. The van der Waals surface area contributed by atoms with Crippen LogP contribution in [0.25, 0.3) is 0 Å². The smallest absolute Gasteiger partial charge is 0.412 e. The molecule has 1 fully saturated rings. The van der Waals surface area contributed by atoms with Gasteiger partial charge in [-0.2, -0.15) is 0 Å². The number of nitrogens with zero attached hydrogens (tertiary/aromatic N) is 1. The highest BCUT2D eigenvalue weighted by Gasteiger charge is 2.37. The number of nitrogens with one attached hydrogen (secondary N) is 1. The molecule has 2 aromatic rings. The highest BCUT2D eigenvalue weighted by molar-refractivity contribution is 5.90. The molecule has 1 saturated heterocycles. The average Bonchev–Trinajstić information content (AvgIpc) is 2.79. The lowest BCUT2D eigenvalue weighted by Crippen LogP contribution is -2.54. The number of methoxy groups -OCH3 is 2. The number of rotatable bonds is 9. The standard InChI is InChI=1S/C22H25N3O7/c1-29-17-9-8-15(11-25-16(10-18(25)26)13-31-21(23)27)20(30-2)19(17)24-22(28)32-12-14-6-4-3-5-7-14/h3-9,16H,10-13H2,1-2H3,(H2,23,27)(H,24,28). The van der Waals surface area contributed by atoms with Gasteiger partial charge in [0.05, 0.1) is 26.7 Å². The fourth-order valence-electron chi connectivity index (χ4n) is 3.36. The van der Waals surface area contributed by atoms with E-state index >= 15 is 0 Å². The first-order valence-electron chi connectivity index (χ1n) is 9.86. The third-order valence-electron chi connectivity index (χ3n) is 4.99. The minimum atomic E-state index is -0.896. The lowest BCUT2D eigenvalue weighted by Gasteiger charge is -2.40. The summed E-state index contributed by atoms with van der Waals surface area (Å²) in [7, 11) is 2.91. The van der Waals surface area contributed by atoms with Crippen molar-refractivity contribution in [2.24, 2.45) is 5.73 Å². The average molecular weight is 443 g/mol. The number of hydrogen-bond acceptors (Lipinski definition) is 7. The second-order valence-electron chi connectivity index (χ2n) is 7.03. The summed E-state index contributed by atoms with van der Waals surface area (Å²) < 4.78 is 21.0. The maximum Gasteiger partial charge on any atom is 0.412 e. The summed E-state index contributed by atoms with van der Waals surface area (Å²) in [5.41, 5.74) is 6.76. The van der Waals surface area contributed by atoms with Crippen LogP contribution in [-0.2, 0) is 27.4 Å². The summed E-state index contributed by atoms with van der Waals surface area (Å²) in [6.45, 7) is 0.295. The molecular formula is C22H25N3O7. The van der Waals surface area contributed by atoms with Gasteiger partial charge in [0.25, 0.3) is 0 Å². The summed E-state index contributed by atoms with van der Waals surface area (Å²) in [4.78, 5) is 36.9. The Balaban J connectivity index is 1.74. The van der Waals surface area contributed by atoms with Crippen LogP contribution in [0.5, 0.6) is 11.5 Å². The van der Waals surface area contributed by atoms with E-state index < -0.39 is 12.2 Å². The summed E-state index contributed by atoms with van der Waals surface area (Å²) >= 11 is 0. The van der Waals surface area contributed by atoms with Crippen molar-refractivity contribution in [3.63, 3.8) is 0 Å². The molecule has 0 aliphatic carbocycles. The molecule has 10 nitrogen and oxygen atoms in total. The van der Waals surface area contributed by atoms with Crippen molar-refractivity contribution in [2.75, 3.05) is 26.1 Å². The van der Waals surface area contributed by atoms with E-state index in [1.54, 1.807) is 17.0 Å². The van der Waals surface area contributed by atoms with E-state index in [0.29, 0.717) is 17.1 Å². The third kappa shape index (κ3) is 5.39. The van der Waals surface area contributed by atoms with Crippen molar-refractivity contribution < 1.29 is 33.3 Å². The topological polar surface area (TPSA) is 129 Å². The fourth-order valence-corrected chi connectivity index (χ4v) is 3.36. The van der Waals surface area contributed by atoms with Crippen LogP contribution in [0.2, 0.25) is 0 Å². The van der Waals surface area contributed by atoms with Gasteiger partial charge in [-0.25, -0.2) is 9.59 Å². The second kappa shape index (κ2) is 10.4. The van der Waals surface area contributed by atoms with Crippen molar-refractivity contribution in [3.8, 4) is 11.5 Å². The van der Waals surface area contributed by atoms with Gasteiger partial charge in [0.2, 0.25) is 5.91 Å². The van der Waals surface area contributed by atoms with Crippen LogP contribution in [0.15, 0.2) is 42.5 Å². The van der Waals surface area contributed by atoms with Crippen molar-refractivity contribution in [3.05, 3.63) is 53.6 Å². The summed E-state index contributed by atoms with van der Waals surface area (Å²) in [6, 6.07) is 12.4. The van der Waals surface area contributed by atoms with Gasteiger partial charge < -0.3 is 29.6 Å². The Labute approximate surface area is 185 Å². The molecule has 0 saturated carbocycles. The molecule has 10 heteroatoms. The lowest BCUT2D eigenvalue weighted by atomic mass is 10.0. The van der Waals surface area contributed by atoms with Gasteiger partial charge in [-0.1, -0.05) is 30.3 Å². The lowest BCUT2D eigenvalue weighted by molar-refractivity contribution is -0.149. The molecule has 32 heavy (non-hydrogen) atoms. The number of benzene rings is 2. The maximum atomic E-state index is 12.4. The molecule has 0 bridgehead atoms. The van der Waals surface area contributed by atoms with Crippen LogP contribution in [-0.4, -0.2) is 49.9 Å². The molecule has 0 aromatic heterocycles. The first kappa shape index (κ1) is 22.7. The second-order valence-corrected chi connectivity index (χ2v) is 7.03. The van der Waals surface area contributed by atoms with Gasteiger partial charge in [0.15, 0.2) is 5.75 Å². The molecule has 1 heterocycles. The maximum absolute atomic E-state index is 12.4. The SMILES string of the molecule is COc1ccc(CN2C(=O)CC2COC(N)=O)c(OC)c1NC(=O)OCc1ccccc1. The first-order valence-corrected chi connectivity index (χ1v) is 9.86. The van der Waals surface area contributed by atoms with Crippen LogP contribution in [0.4, 0.5) is 15.3 Å². The van der Waals surface area contributed by atoms with E-state index in [0.717, 1.165) is 5.56 Å². The van der Waals surface area contributed by atoms with E-state index in [9.17, 15) is 14.4 Å². The fraction of sp³-hybridized carbons (Fsp3) is 0.318. The molecule has 2 aromatic carbocycles. The Bertz CT molecular complexity index is 981. The van der Waals surface area contributed by atoms with Crippen molar-refractivity contribution in [1.29, 1.82) is 0 Å². The molecule has 1 aliphatic heterocycles. The molecule has 1 unspecified atom stereocenters. The zero-order chi connectivity index (χ0) is 23.1. The van der Waals surface area contributed by atoms with Crippen LogP contribution in [0.1, 0.15) is 17.5 Å². The van der Waals surface area contributed by atoms with Crippen molar-refractivity contribution in [1.82, 2.24) is 4.90 Å².